The smallest absolute Gasteiger partial charge is 0.129 e. The largest absolute Gasteiger partial charge is 0.298 e. The van der Waals surface area contributed by atoms with Crippen molar-refractivity contribution in [3.05, 3.63) is 17.4 Å². The Kier molecular flexibility index (Phi) is 3.17. The Morgan fingerprint density at radius 2 is 2.50 bits per heavy atom. The molecule has 0 bridgehead atoms. The van der Waals surface area contributed by atoms with Crippen molar-refractivity contribution >= 4 is 11.6 Å². The molecule has 4 nitrogen and oxygen atoms in total. The highest BCUT2D eigenvalue weighted by Crippen LogP contribution is 2.40. The second kappa shape index (κ2) is 4.44. The van der Waals surface area contributed by atoms with E-state index >= 15 is 0 Å². The van der Waals surface area contributed by atoms with Crippen LogP contribution in [0.4, 0.5) is 0 Å². The molecule has 1 unspecified atom stereocenters. The summed E-state index contributed by atoms with van der Waals surface area (Å²) < 4.78 is 1.74. The van der Waals surface area contributed by atoms with Crippen molar-refractivity contribution in [3.63, 3.8) is 0 Å². The van der Waals surface area contributed by atoms with Gasteiger partial charge in [-0.25, -0.2) is 0 Å². The van der Waals surface area contributed by atoms with Gasteiger partial charge in [-0.1, -0.05) is 18.5 Å². The summed E-state index contributed by atoms with van der Waals surface area (Å²) in [6.07, 6.45) is 5.60. The summed E-state index contributed by atoms with van der Waals surface area (Å²) in [5.74, 6) is 0.445. The molecule has 0 saturated heterocycles. The van der Waals surface area contributed by atoms with Gasteiger partial charge in [0.1, 0.15) is 5.54 Å². The zero-order valence-corrected chi connectivity index (χ0v) is 10.0. The van der Waals surface area contributed by atoms with Crippen LogP contribution in [0.3, 0.4) is 0 Å². The van der Waals surface area contributed by atoms with E-state index in [4.69, 9.17) is 11.6 Å². The van der Waals surface area contributed by atoms with Gasteiger partial charge >= 0.3 is 0 Å². The number of nitrogens with zero attached hydrogens (tertiary/aromatic N) is 3. The third-order valence-corrected chi connectivity index (χ3v) is 3.17. The van der Waals surface area contributed by atoms with E-state index in [1.54, 1.807) is 17.1 Å². The molecule has 16 heavy (non-hydrogen) atoms. The van der Waals surface area contributed by atoms with E-state index in [9.17, 15) is 5.26 Å². The van der Waals surface area contributed by atoms with Crippen LogP contribution >= 0.6 is 11.6 Å². The molecule has 0 aromatic carbocycles. The highest BCUT2D eigenvalue weighted by atomic mass is 35.5. The Labute approximate surface area is 100 Å². The summed E-state index contributed by atoms with van der Waals surface area (Å²) >= 11 is 5.82. The van der Waals surface area contributed by atoms with Crippen molar-refractivity contribution in [2.75, 3.05) is 6.54 Å². The van der Waals surface area contributed by atoms with Crippen molar-refractivity contribution in [1.82, 2.24) is 15.1 Å². The summed E-state index contributed by atoms with van der Waals surface area (Å²) in [5.41, 5.74) is -0.482. The number of rotatable bonds is 5. The predicted octanol–water partition coefficient (Wildman–Crippen LogP) is 1.82. The van der Waals surface area contributed by atoms with Crippen LogP contribution in [0.15, 0.2) is 12.4 Å². The second-order valence-corrected chi connectivity index (χ2v) is 4.68. The van der Waals surface area contributed by atoms with Crippen LogP contribution in [0.25, 0.3) is 0 Å². The molecule has 5 heteroatoms. The van der Waals surface area contributed by atoms with Crippen LogP contribution in [0, 0.1) is 17.2 Å². The van der Waals surface area contributed by atoms with E-state index in [0.717, 1.165) is 19.4 Å². The molecule has 1 aliphatic rings. The van der Waals surface area contributed by atoms with Gasteiger partial charge in [0.2, 0.25) is 0 Å². The molecule has 0 spiro atoms. The van der Waals surface area contributed by atoms with Gasteiger partial charge in [0, 0.05) is 6.20 Å². The maximum absolute atomic E-state index is 9.40. The third-order valence-electron chi connectivity index (χ3n) is 2.98. The molecular weight excluding hydrogens is 224 g/mol. The van der Waals surface area contributed by atoms with Crippen molar-refractivity contribution in [2.45, 2.75) is 31.8 Å². The third kappa shape index (κ3) is 2.21. The molecule has 1 atom stereocenters. The number of likely N-dealkylation sites (N-methyl/N-ethyl adjacent to an activating group) is 1. The first-order valence-corrected chi connectivity index (χ1v) is 5.92. The predicted molar refractivity (Wildman–Crippen MR) is 62.0 cm³/mol. The highest BCUT2D eigenvalue weighted by molar-refractivity contribution is 6.30. The Hall–Kier alpha value is -1.05. The molecule has 0 radical (unpaired) electrons. The molecule has 0 amide bonds. The van der Waals surface area contributed by atoms with Gasteiger partial charge in [-0.15, -0.1) is 0 Å². The minimum absolute atomic E-state index is 0.445. The molecule has 1 saturated carbocycles. The van der Waals surface area contributed by atoms with E-state index in [0.29, 0.717) is 17.5 Å². The van der Waals surface area contributed by atoms with Crippen LogP contribution in [0.5, 0.6) is 0 Å². The van der Waals surface area contributed by atoms with Gasteiger partial charge < -0.3 is 0 Å². The van der Waals surface area contributed by atoms with Gasteiger partial charge in [0.15, 0.2) is 0 Å². The average Bonchev–Trinajstić information content (AvgIpc) is 3.04. The Bertz CT molecular complexity index is 404. The van der Waals surface area contributed by atoms with E-state index in [-0.39, 0.29) is 0 Å². The first-order chi connectivity index (χ1) is 7.70. The summed E-state index contributed by atoms with van der Waals surface area (Å²) in [5, 5.41) is 17.4. The zero-order valence-electron chi connectivity index (χ0n) is 9.28. The highest BCUT2D eigenvalue weighted by Gasteiger charge is 2.45. The van der Waals surface area contributed by atoms with Crippen LogP contribution in [0.1, 0.15) is 19.8 Å². The molecular formula is C11H15ClN4. The lowest BCUT2D eigenvalue weighted by molar-refractivity contribution is 0.311. The minimum atomic E-state index is -0.482. The van der Waals surface area contributed by atoms with Gasteiger partial charge in [0.25, 0.3) is 0 Å². The van der Waals surface area contributed by atoms with Crippen LogP contribution in [-0.4, -0.2) is 21.9 Å². The standard InChI is InChI=1S/C11H15ClN4/c1-2-14-11(7-13,9-3-4-9)8-16-6-10(12)5-15-16/h5-6,9,14H,2-4,8H2,1H3. The molecule has 0 aliphatic heterocycles. The number of nitriles is 1. The van der Waals surface area contributed by atoms with Crippen LogP contribution < -0.4 is 5.32 Å². The first kappa shape index (κ1) is 11.4. The molecule has 1 heterocycles. The number of halogens is 1. The average molecular weight is 239 g/mol. The summed E-state index contributed by atoms with van der Waals surface area (Å²) in [7, 11) is 0. The van der Waals surface area contributed by atoms with Crippen molar-refractivity contribution < 1.29 is 0 Å². The van der Waals surface area contributed by atoms with Gasteiger partial charge in [-0.2, -0.15) is 10.4 Å². The molecule has 1 N–H and O–H groups in total. The normalized spacial score (nSPS) is 19.1. The number of hydrogen-bond acceptors (Lipinski definition) is 3. The summed E-state index contributed by atoms with van der Waals surface area (Å²) in [6.45, 7) is 3.37. The van der Waals surface area contributed by atoms with E-state index in [1.807, 2.05) is 6.92 Å². The maximum atomic E-state index is 9.40. The van der Waals surface area contributed by atoms with Crippen molar-refractivity contribution in [3.8, 4) is 6.07 Å². The van der Waals surface area contributed by atoms with Gasteiger partial charge in [0.05, 0.1) is 23.8 Å². The van der Waals surface area contributed by atoms with E-state index < -0.39 is 5.54 Å². The van der Waals surface area contributed by atoms with Gasteiger partial charge in [-0.3, -0.25) is 10.00 Å². The first-order valence-electron chi connectivity index (χ1n) is 5.54. The lowest BCUT2D eigenvalue weighted by Crippen LogP contribution is -2.49. The van der Waals surface area contributed by atoms with E-state index in [1.165, 1.54) is 0 Å². The number of aromatic nitrogens is 2. The van der Waals surface area contributed by atoms with Gasteiger partial charge in [-0.05, 0) is 25.3 Å². The SMILES string of the molecule is CCNC(C#N)(Cn1cc(Cl)cn1)C1CC1. The Balaban J connectivity index is 2.16. The molecule has 1 aromatic heterocycles. The fourth-order valence-corrected chi connectivity index (χ4v) is 2.22. The van der Waals surface area contributed by atoms with Crippen LogP contribution in [0.2, 0.25) is 5.02 Å². The van der Waals surface area contributed by atoms with Crippen LogP contribution in [-0.2, 0) is 6.54 Å². The monoisotopic (exact) mass is 238 g/mol. The molecule has 1 aromatic rings. The molecule has 1 fully saturated rings. The second-order valence-electron chi connectivity index (χ2n) is 4.24. The Morgan fingerprint density at radius 1 is 1.75 bits per heavy atom. The fraction of sp³-hybridized carbons (Fsp3) is 0.636. The Morgan fingerprint density at radius 3 is 2.94 bits per heavy atom. The summed E-state index contributed by atoms with van der Waals surface area (Å²) in [6, 6.07) is 2.42. The number of hydrogen-bond donors (Lipinski definition) is 1. The maximum Gasteiger partial charge on any atom is 0.129 e. The molecule has 2 rings (SSSR count). The number of nitrogens with one attached hydrogen (secondary N) is 1. The quantitative estimate of drug-likeness (QED) is 0.852. The van der Waals surface area contributed by atoms with Crippen molar-refractivity contribution in [2.24, 2.45) is 5.92 Å². The lowest BCUT2D eigenvalue weighted by Gasteiger charge is -2.27. The topological polar surface area (TPSA) is 53.6 Å². The molecule has 1 aliphatic carbocycles. The lowest BCUT2D eigenvalue weighted by atomic mass is 9.95. The fourth-order valence-electron chi connectivity index (χ4n) is 2.07. The minimum Gasteiger partial charge on any atom is -0.298 e. The molecule has 86 valence electrons. The van der Waals surface area contributed by atoms with E-state index in [2.05, 4.69) is 16.5 Å². The zero-order chi connectivity index (χ0) is 11.6. The van der Waals surface area contributed by atoms with Crippen molar-refractivity contribution in [1.29, 1.82) is 5.26 Å². The summed E-state index contributed by atoms with van der Waals surface area (Å²) in [4.78, 5) is 0.